The molecule has 0 aromatic carbocycles. The molecule has 0 saturated heterocycles. The molecule has 17 heavy (non-hydrogen) atoms. The molecule has 2 aromatic rings. The molecule has 0 bridgehead atoms. The molecule has 0 radical (unpaired) electrons. The molecule has 0 saturated carbocycles. The Labute approximate surface area is 112 Å². The minimum absolute atomic E-state index is 0.966. The zero-order valence-corrected chi connectivity index (χ0v) is 11.6. The summed E-state index contributed by atoms with van der Waals surface area (Å²) in [6.45, 7) is 0. The fraction of sp³-hybridized carbons (Fsp3) is 0.333. The van der Waals surface area contributed by atoms with E-state index in [1.54, 1.807) is 23.7 Å². The predicted octanol–water partition coefficient (Wildman–Crippen LogP) is 3.92. The number of aromatic nitrogens is 2. The van der Waals surface area contributed by atoms with Crippen molar-refractivity contribution >= 4 is 38.1 Å². The summed E-state index contributed by atoms with van der Waals surface area (Å²) in [5, 5.41) is 4.34. The number of halogens is 1. The van der Waals surface area contributed by atoms with Crippen LogP contribution in [0.15, 0.2) is 22.9 Å². The Morgan fingerprint density at radius 2 is 2.18 bits per heavy atom. The van der Waals surface area contributed by atoms with Crippen molar-refractivity contribution in [3.63, 3.8) is 0 Å². The van der Waals surface area contributed by atoms with Crippen LogP contribution in [0.3, 0.4) is 0 Å². The van der Waals surface area contributed by atoms with Gasteiger partial charge in [0.2, 0.25) is 0 Å². The van der Waals surface area contributed by atoms with Crippen molar-refractivity contribution in [1.82, 2.24) is 9.97 Å². The zero-order valence-electron chi connectivity index (χ0n) is 9.24. The molecule has 1 N–H and O–H groups in total. The topological polar surface area (TPSA) is 37.8 Å². The van der Waals surface area contributed by atoms with Crippen LogP contribution in [-0.4, -0.2) is 9.97 Å². The second kappa shape index (κ2) is 4.74. The molecule has 1 aliphatic carbocycles. The third-order valence-corrected chi connectivity index (χ3v) is 4.56. The maximum atomic E-state index is 4.65. The number of hydrogen-bond donors (Lipinski definition) is 1. The van der Waals surface area contributed by atoms with Gasteiger partial charge in [-0.3, -0.25) is 4.98 Å². The van der Waals surface area contributed by atoms with Crippen molar-refractivity contribution in [3.8, 4) is 0 Å². The highest BCUT2D eigenvalue weighted by Crippen LogP contribution is 2.32. The largest absolute Gasteiger partial charge is 0.330 e. The van der Waals surface area contributed by atoms with E-state index in [4.69, 9.17) is 0 Å². The average molecular weight is 310 g/mol. The summed E-state index contributed by atoms with van der Waals surface area (Å²) in [7, 11) is 0. The molecule has 2 heterocycles. The lowest BCUT2D eigenvalue weighted by molar-refractivity contribution is 0.683. The lowest BCUT2D eigenvalue weighted by Gasteiger charge is -2.06. The molecular weight excluding hydrogens is 298 g/mol. The number of hydrogen-bond acceptors (Lipinski definition) is 4. The van der Waals surface area contributed by atoms with E-state index in [2.05, 4.69) is 31.2 Å². The highest BCUT2D eigenvalue weighted by atomic mass is 79.9. The van der Waals surface area contributed by atoms with Crippen LogP contribution in [-0.2, 0) is 12.8 Å². The first-order valence-electron chi connectivity index (χ1n) is 5.68. The molecular formula is C12H12BrN3S. The number of pyridine rings is 1. The Morgan fingerprint density at radius 1 is 1.29 bits per heavy atom. The minimum atomic E-state index is 0.966. The number of thiazole rings is 1. The van der Waals surface area contributed by atoms with E-state index in [1.807, 2.05) is 6.07 Å². The Morgan fingerprint density at radius 3 is 3.00 bits per heavy atom. The number of rotatable bonds is 2. The standard InChI is InChI=1S/C12H12BrN3S/c13-8-7-14-6-5-9(8)15-12-16-10-3-1-2-4-11(10)17-12/h5-7H,1-4H2,(H,14,15,16). The Hall–Kier alpha value is -0.940. The van der Waals surface area contributed by atoms with Crippen LogP contribution in [0.25, 0.3) is 0 Å². The van der Waals surface area contributed by atoms with Gasteiger partial charge in [0, 0.05) is 17.3 Å². The van der Waals surface area contributed by atoms with Crippen molar-refractivity contribution in [1.29, 1.82) is 0 Å². The van der Waals surface area contributed by atoms with Gasteiger partial charge >= 0.3 is 0 Å². The van der Waals surface area contributed by atoms with Crippen LogP contribution in [0.5, 0.6) is 0 Å². The summed E-state index contributed by atoms with van der Waals surface area (Å²) in [6, 6.07) is 1.95. The zero-order chi connectivity index (χ0) is 11.7. The second-order valence-corrected chi connectivity index (χ2v) is 6.01. The van der Waals surface area contributed by atoms with E-state index in [0.29, 0.717) is 0 Å². The van der Waals surface area contributed by atoms with Gasteiger partial charge in [0.15, 0.2) is 5.13 Å². The van der Waals surface area contributed by atoms with E-state index in [1.165, 1.54) is 29.8 Å². The molecule has 5 heteroatoms. The third-order valence-electron chi connectivity index (χ3n) is 2.86. The molecule has 0 amide bonds. The Balaban J connectivity index is 1.86. The first kappa shape index (κ1) is 11.2. The summed E-state index contributed by atoms with van der Waals surface area (Å²) in [4.78, 5) is 10.1. The number of nitrogens with one attached hydrogen (secondary N) is 1. The molecule has 3 rings (SSSR count). The van der Waals surface area contributed by atoms with E-state index < -0.39 is 0 Å². The highest BCUT2D eigenvalue weighted by molar-refractivity contribution is 9.10. The van der Waals surface area contributed by atoms with Crippen molar-refractivity contribution < 1.29 is 0 Å². The fourth-order valence-electron chi connectivity index (χ4n) is 2.00. The van der Waals surface area contributed by atoms with Crippen molar-refractivity contribution in [2.24, 2.45) is 0 Å². The van der Waals surface area contributed by atoms with Crippen molar-refractivity contribution in [3.05, 3.63) is 33.5 Å². The molecule has 2 aromatic heterocycles. The smallest absolute Gasteiger partial charge is 0.187 e. The predicted molar refractivity (Wildman–Crippen MR) is 74.0 cm³/mol. The molecule has 0 fully saturated rings. The van der Waals surface area contributed by atoms with E-state index in [-0.39, 0.29) is 0 Å². The van der Waals surface area contributed by atoms with Crippen LogP contribution < -0.4 is 5.32 Å². The third kappa shape index (κ3) is 2.35. The highest BCUT2D eigenvalue weighted by Gasteiger charge is 2.15. The van der Waals surface area contributed by atoms with Gasteiger partial charge in [-0.25, -0.2) is 4.98 Å². The quantitative estimate of drug-likeness (QED) is 0.913. The van der Waals surface area contributed by atoms with E-state index >= 15 is 0 Å². The van der Waals surface area contributed by atoms with Gasteiger partial charge in [0.1, 0.15) is 0 Å². The Kier molecular flexibility index (Phi) is 3.11. The summed E-state index contributed by atoms with van der Waals surface area (Å²) in [5.41, 5.74) is 2.31. The molecule has 0 spiro atoms. The Bertz CT molecular complexity index is 515. The first-order valence-corrected chi connectivity index (χ1v) is 7.29. The van der Waals surface area contributed by atoms with Crippen molar-refractivity contribution in [2.45, 2.75) is 25.7 Å². The molecule has 1 aliphatic rings. The number of nitrogens with zero attached hydrogens (tertiary/aromatic N) is 2. The van der Waals surface area contributed by atoms with Gasteiger partial charge in [0.25, 0.3) is 0 Å². The summed E-state index contributed by atoms with van der Waals surface area (Å²) < 4.78 is 0.966. The van der Waals surface area contributed by atoms with E-state index in [9.17, 15) is 0 Å². The van der Waals surface area contributed by atoms with Crippen molar-refractivity contribution in [2.75, 3.05) is 5.32 Å². The number of aryl methyl sites for hydroxylation is 2. The van der Waals surface area contributed by atoms with Gasteiger partial charge in [-0.1, -0.05) is 0 Å². The van der Waals surface area contributed by atoms with Gasteiger partial charge in [0.05, 0.1) is 15.9 Å². The van der Waals surface area contributed by atoms with Crippen LogP contribution in [0.4, 0.5) is 10.8 Å². The minimum Gasteiger partial charge on any atom is -0.330 e. The maximum absolute atomic E-state index is 4.65. The molecule has 3 nitrogen and oxygen atoms in total. The van der Waals surface area contributed by atoms with Crippen LogP contribution in [0.1, 0.15) is 23.4 Å². The molecule has 0 atom stereocenters. The van der Waals surface area contributed by atoms with Gasteiger partial charge in [-0.2, -0.15) is 0 Å². The number of anilines is 2. The maximum Gasteiger partial charge on any atom is 0.187 e. The molecule has 88 valence electrons. The number of fused-ring (bicyclic) bond motifs is 1. The second-order valence-electron chi connectivity index (χ2n) is 4.08. The summed E-state index contributed by atoms with van der Waals surface area (Å²) in [5.74, 6) is 0. The van der Waals surface area contributed by atoms with Crippen LogP contribution in [0.2, 0.25) is 0 Å². The normalized spacial score (nSPS) is 14.4. The van der Waals surface area contributed by atoms with Gasteiger partial charge in [-0.15, -0.1) is 11.3 Å². The first-order chi connectivity index (χ1) is 8.33. The summed E-state index contributed by atoms with van der Waals surface area (Å²) in [6.07, 6.45) is 8.45. The fourth-order valence-corrected chi connectivity index (χ4v) is 3.41. The van der Waals surface area contributed by atoms with Gasteiger partial charge in [-0.05, 0) is 47.7 Å². The summed E-state index contributed by atoms with van der Waals surface area (Å²) >= 11 is 5.25. The van der Waals surface area contributed by atoms with Crippen LogP contribution in [0, 0.1) is 0 Å². The van der Waals surface area contributed by atoms with E-state index in [0.717, 1.165) is 21.7 Å². The average Bonchev–Trinajstić information content (AvgIpc) is 2.74. The molecule has 0 unspecified atom stereocenters. The van der Waals surface area contributed by atoms with Crippen LogP contribution >= 0.6 is 27.3 Å². The SMILES string of the molecule is Brc1cnccc1Nc1nc2c(s1)CCCC2. The molecule has 0 aliphatic heterocycles. The monoisotopic (exact) mass is 309 g/mol. The van der Waals surface area contributed by atoms with Gasteiger partial charge < -0.3 is 5.32 Å². The lowest BCUT2D eigenvalue weighted by Crippen LogP contribution is -1.99. The lowest BCUT2D eigenvalue weighted by atomic mass is 10.0.